The van der Waals surface area contributed by atoms with Crippen LogP contribution >= 0.6 is 55.9 Å². The van der Waals surface area contributed by atoms with Crippen molar-refractivity contribution in [3.8, 4) is 11.5 Å². The van der Waals surface area contributed by atoms with E-state index in [1.54, 1.807) is 51.1 Å². The first kappa shape index (κ1) is 61.4. The van der Waals surface area contributed by atoms with Gasteiger partial charge in [0.25, 0.3) is 11.1 Å². The molecule has 2 atom stereocenters. The number of Topliss-reactive ketones (excluding diaryl/α,β-unsaturated/α-hetero) is 2. The number of methoxy groups -OCH3 is 2. The highest BCUT2D eigenvalue weighted by atomic mass is 79.9. The van der Waals surface area contributed by atoms with Gasteiger partial charge in [-0.1, -0.05) is 36.4 Å². The minimum atomic E-state index is -0.202. The molecule has 8 heterocycles. The summed E-state index contributed by atoms with van der Waals surface area (Å²) in [7, 11) is 3.11. The van der Waals surface area contributed by atoms with Crippen LogP contribution < -0.4 is 30.8 Å². The van der Waals surface area contributed by atoms with Crippen LogP contribution in [0.3, 0.4) is 0 Å². The molecule has 0 aliphatic carbocycles. The van der Waals surface area contributed by atoms with Gasteiger partial charge < -0.3 is 38.8 Å². The van der Waals surface area contributed by atoms with Crippen LogP contribution in [0.25, 0.3) is 21.8 Å². The average Bonchev–Trinajstić information content (AvgIpc) is 4.02. The van der Waals surface area contributed by atoms with Gasteiger partial charge in [-0.2, -0.15) is 0 Å². The van der Waals surface area contributed by atoms with Crippen molar-refractivity contribution in [1.82, 2.24) is 44.4 Å². The molecule has 6 aromatic heterocycles. The lowest BCUT2D eigenvalue weighted by atomic mass is 9.90. The maximum Gasteiger partial charge on any atom is 0.255 e. The lowest BCUT2D eigenvalue weighted by Crippen LogP contribution is -2.37. The van der Waals surface area contributed by atoms with Gasteiger partial charge in [0.2, 0.25) is 11.2 Å². The van der Waals surface area contributed by atoms with Crippen molar-refractivity contribution in [3.63, 3.8) is 0 Å². The zero-order chi connectivity index (χ0) is 56.5. The van der Waals surface area contributed by atoms with Crippen molar-refractivity contribution in [3.05, 3.63) is 165 Å². The van der Waals surface area contributed by atoms with Gasteiger partial charge in [-0.05, 0) is 173 Å². The number of nitrogens with one attached hydrogen (secondary N) is 3. The Kier molecular flexibility index (Phi) is 21.5. The smallest absolute Gasteiger partial charge is 0.255 e. The highest BCUT2D eigenvalue weighted by Gasteiger charge is 2.31. The normalized spacial score (nSPS) is 14.6. The average molecular weight is 1260 g/mol. The summed E-state index contributed by atoms with van der Waals surface area (Å²) in [6.07, 6.45) is 12.3. The van der Waals surface area contributed by atoms with Crippen molar-refractivity contribution < 1.29 is 19.1 Å². The third-order valence-electron chi connectivity index (χ3n) is 15.6. The quantitative estimate of drug-likeness (QED) is 0.0650. The molecule has 0 saturated carbocycles. The summed E-state index contributed by atoms with van der Waals surface area (Å²) in [6.45, 7) is 16.2. The molecular weight excluding hydrogens is 1190 g/mol. The first-order chi connectivity index (χ1) is 38.0. The van der Waals surface area contributed by atoms with Crippen molar-refractivity contribution in [1.29, 1.82) is 0 Å². The number of hydrogen-bond acceptors (Lipinski definition) is 12. The SMILES string of the molecule is COc1cc(C)[nH]c(=O)c1CCC(=O)c1c(C)n([C@H](C)C2CCN(c3ncc(Br)cn3)CC2)c2ccccc12.COc1cc(C)[nH]c(=O)c1CCC(=O)c1c(C)n([C@H](C)C2CCNCC2)c2ccccc12.Cl.Clc1ncc(Br)cn1. The van der Waals surface area contributed by atoms with Crippen molar-refractivity contribution in [2.45, 2.75) is 105 Å². The van der Waals surface area contributed by atoms with E-state index in [4.69, 9.17) is 21.1 Å². The number of carbonyl (C=O) groups is 2. The lowest BCUT2D eigenvalue weighted by molar-refractivity contribution is 0.0975. The fraction of sp³-hybridized carbons (Fsp3) is 0.400. The number of benzene rings is 2. The van der Waals surface area contributed by atoms with E-state index in [-0.39, 0.29) is 59.3 Å². The molecule has 2 fully saturated rings. The number of H-pyrrole nitrogens is 2. The number of anilines is 1. The minimum Gasteiger partial charge on any atom is -0.496 e. The summed E-state index contributed by atoms with van der Waals surface area (Å²) >= 11 is 11.9. The Hall–Kier alpha value is -6.18. The van der Waals surface area contributed by atoms with E-state index in [1.807, 2.05) is 57.2 Å². The molecule has 0 amide bonds. The van der Waals surface area contributed by atoms with E-state index in [0.717, 1.165) is 122 Å². The molecule has 0 bridgehead atoms. The van der Waals surface area contributed by atoms with E-state index >= 15 is 0 Å². The standard InChI is InChI=1S/C30H34BrN5O3.C26H33N3O3.C4H2BrClN2.ClH/c1-18-15-27(39-4)24(29(38)34-18)9-10-26(37)28-20(3)36(25-8-6-5-7-23(25)28)19(2)21-11-13-35(14-12-21)30-32-16-22(31)17-33-30;1-16-15-24(32-4)21(26(31)28-16)9-10-23(30)25-18(3)29(22-8-6-5-7-20(22)25)17(2)19-11-13-27-14-12-19;5-3-1-7-4(6)8-2-3;/h5-8,15-17,19,21H,9-14H2,1-4H3,(H,34,38);5-8,15,17,19,27H,9-14H2,1-4H3,(H,28,31);1-2H;1H/t19-;17-;;/m11../s1. The first-order valence-corrected chi connectivity index (χ1v) is 28.8. The van der Waals surface area contributed by atoms with E-state index < -0.39 is 0 Å². The first-order valence-electron chi connectivity index (χ1n) is 26.8. The number of pyridine rings is 2. The number of nitrogens with zero attached hydrogens (tertiary/aromatic N) is 7. The van der Waals surface area contributed by atoms with Gasteiger partial charge in [-0.3, -0.25) is 19.2 Å². The predicted octanol–water partition coefficient (Wildman–Crippen LogP) is 12.4. The number of fused-ring (bicyclic) bond motifs is 2. The van der Waals surface area contributed by atoms with Gasteiger partial charge in [0.15, 0.2) is 11.6 Å². The predicted molar refractivity (Wildman–Crippen MR) is 327 cm³/mol. The number of carbonyl (C=O) groups excluding carboxylic acids is 2. The molecule has 16 nitrogen and oxygen atoms in total. The Morgan fingerprint density at radius 3 is 1.46 bits per heavy atom. The fourth-order valence-corrected chi connectivity index (χ4v) is 12.1. The van der Waals surface area contributed by atoms with Crippen LogP contribution in [0.15, 0.2) is 104 Å². The Bertz CT molecular complexity index is 3530. The zero-order valence-corrected chi connectivity index (χ0v) is 51.2. The summed E-state index contributed by atoms with van der Waals surface area (Å²) in [5.41, 5.74) is 7.85. The van der Waals surface area contributed by atoms with Gasteiger partial charge in [0.05, 0.1) is 34.3 Å². The number of halogens is 4. The van der Waals surface area contributed by atoms with Crippen LogP contribution in [-0.4, -0.2) is 91.0 Å². The van der Waals surface area contributed by atoms with E-state index in [2.05, 4.69) is 114 Å². The summed E-state index contributed by atoms with van der Waals surface area (Å²) in [5, 5.41) is 5.69. The molecule has 80 heavy (non-hydrogen) atoms. The summed E-state index contributed by atoms with van der Waals surface area (Å²) < 4.78 is 17.2. The van der Waals surface area contributed by atoms with E-state index in [9.17, 15) is 19.2 Å². The molecule has 2 aliphatic heterocycles. The molecule has 2 saturated heterocycles. The van der Waals surface area contributed by atoms with Gasteiger partial charge in [0.1, 0.15) is 11.5 Å². The Labute approximate surface area is 494 Å². The molecule has 3 N–H and O–H groups in total. The third kappa shape index (κ3) is 14.1. The van der Waals surface area contributed by atoms with Crippen LogP contribution in [0.1, 0.15) is 119 Å². The maximum absolute atomic E-state index is 13.7. The number of aromatic amines is 2. The van der Waals surface area contributed by atoms with Crippen LogP contribution in [0.4, 0.5) is 5.95 Å². The molecular formula is C60H70Br2Cl2N10O6. The minimum absolute atomic E-state index is 0. The van der Waals surface area contributed by atoms with Crippen LogP contribution in [0.5, 0.6) is 11.5 Å². The monoisotopic (exact) mass is 1250 g/mol. The Morgan fingerprint density at radius 2 is 1.05 bits per heavy atom. The highest BCUT2D eigenvalue weighted by Crippen LogP contribution is 2.38. The maximum atomic E-state index is 13.7. The number of rotatable bonds is 15. The molecule has 20 heteroatoms. The lowest BCUT2D eigenvalue weighted by Gasteiger charge is -2.36. The topological polar surface area (TPSA) is 195 Å². The number of aromatic nitrogens is 8. The molecule has 0 spiro atoms. The molecule has 2 aromatic carbocycles. The third-order valence-corrected chi connectivity index (χ3v) is 16.6. The zero-order valence-electron chi connectivity index (χ0n) is 46.5. The summed E-state index contributed by atoms with van der Waals surface area (Å²) in [5.74, 6) is 2.99. The largest absolute Gasteiger partial charge is 0.496 e. The highest BCUT2D eigenvalue weighted by molar-refractivity contribution is 9.10. The molecule has 8 aromatic rings. The second kappa shape index (κ2) is 28.0. The number of para-hydroxylation sites is 2. The molecule has 0 unspecified atom stereocenters. The number of ketones is 2. The number of aryl methyl sites for hydroxylation is 2. The number of hydrogen-bond donors (Lipinski definition) is 3. The van der Waals surface area contributed by atoms with Gasteiger partial charge in [-0.25, -0.2) is 19.9 Å². The van der Waals surface area contributed by atoms with Gasteiger partial charge >= 0.3 is 0 Å². The van der Waals surface area contributed by atoms with Crippen LogP contribution in [0, 0.1) is 39.5 Å². The van der Waals surface area contributed by atoms with Crippen LogP contribution in [0.2, 0.25) is 5.28 Å². The molecule has 2 aliphatic rings. The second-order valence-electron chi connectivity index (χ2n) is 20.5. The number of piperidine rings is 2. The molecule has 424 valence electrons. The Balaban J connectivity index is 0.000000203. The second-order valence-corrected chi connectivity index (χ2v) is 22.6. The van der Waals surface area contributed by atoms with Gasteiger partial charge in [0, 0.05) is 119 Å². The fourth-order valence-electron chi connectivity index (χ4n) is 11.6. The molecule has 0 radical (unpaired) electrons. The van der Waals surface area contributed by atoms with E-state index in [0.29, 0.717) is 53.3 Å². The molecule has 10 rings (SSSR count). The van der Waals surface area contributed by atoms with Gasteiger partial charge in [-0.15, -0.1) is 12.4 Å². The van der Waals surface area contributed by atoms with Crippen molar-refractivity contribution >= 4 is 95.2 Å². The van der Waals surface area contributed by atoms with Crippen LogP contribution in [-0.2, 0) is 12.8 Å². The van der Waals surface area contributed by atoms with Crippen molar-refractivity contribution in [2.24, 2.45) is 11.8 Å². The summed E-state index contributed by atoms with van der Waals surface area (Å²) in [4.78, 5) is 76.4. The summed E-state index contributed by atoms with van der Waals surface area (Å²) in [6, 6.07) is 20.5. The van der Waals surface area contributed by atoms with E-state index in [1.165, 1.54) is 0 Å². The Morgan fingerprint density at radius 1 is 0.650 bits per heavy atom. The van der Waals surface area contributed by atoms with Crippen molar-refractivity contribution in [2.75, 3.05) is 45.3 Å². The number of ether oxygens (including phenoxy) is 2.